The molecule has 0 rings (SSSR count). The molecule has 0 aromatic heterocycles. The van der Waals surface area contributed by atoms with Gasteiger partial charge in [-0.2, -0.15) is 0 Å². The highest BCUT2D eigenvalue weighted by atomic mass is 16.6. The van der Waals surface area contributed by atoms with Crippen LogP contribution < -0.4 is 0 Å². The molecule has 0 heterocycles. The third kappa shape index (κ3) is 28.7. The van der Waals surface area contributed by atoms with Gasteiger partial charge in [-0.1, -0.05) is 122 Å². The lowest BCUT2D eigenvalue weighted by atomic mass is 10.1. The minimum atomic E-state index is -0.346. The van der Waals surface area contributed by atoms with E-state index in [4.69, 9.17) is 4.74 Å². The predicted molar refractivity (Wildman–Crippen MR) is 152 cm³/mol. The van der Waals surface area contributed by atoms with Gasteiger partial charge in [0, 0.05) is 12.8 Å². The van der Waals surface area contributed by atoms with Crippen molar-refractivity contribution in [3.05, 3.63) is 24.3 Å². The van der Waals surface area contributed by atoms with Gasteiger partial charge in [-0.15, -0.1) is 0 Å². The Bertz CT molecular complexity index is 521. The van der Waals surface area contributed by atoms with Crippen molar-refractivity contribution >= 4 is 11.9 Å². The molecule has 3 heteroatoms. The van der Waals surface area contributed by atoms with Crippen LogP contribution in [0.1, 0.15) is 168 Å². The molecular formula is C32H58O3. The van der Waals surface area contributed by atoms with Crippen LogP contribution in [0.15, 0.2) is 24.3 Å². The summed E-state index contributed by atoms with van der Waals surface area (Å²) in [6.07, 6.45) is 36.4. The Morgan fingerprint density at radius 3 is 1.14 bits per heavy atom. The Balaban J connectivity index is 3.37. The molecule has 0 aromatic carbocycles. The van der Waals surface area contributed by atoms with Crippen molar-refractivity contribution in [3.8, 4) is 0 Å². The first-order valence-electron chi connectivity index (χ1n) is 15.2. The third-order valence-corrected chi connectivity index (χ3v) is 6.51. The predicted octanol–water partition coefficient (Wildman–Crippen LogP) is 10.6. The van der Waals surface area contributed by atoms with E-state index in [1.54, 1.807) is 0 Å². The molecule has 0 unspecified atom stereocenters. The highest BCUT2D eigenvalue weighted by Crippen LogP contribution is 2.12. The molecule has 0 fully saturated rings. The smallest absolute Gasteiger partial charge is 0.313 e. The summed E-state index contributed by atoms with van der Waals surface area (Å²) in [6.45, 7) is 4.48. The van der Waals surface area contributed by atoms with E-state index in [-0.39, 0.29) is 11.9 Å². The lowest BCUT2D eigenvalue weighted by Gasteiger charge is -2.04. The lowest BCUT2D eigenvalue weighted by molar-refractivity contribution is -0.159. The van der Waals surface area contributed by atoms with Gasteiger partial charge in [-0.05, 0) is 57.8 Å². The summed E-state index contributed by atoms with van der Waals surface area (Å²) >= 11 is 0. The van der Waals surface area contributed by atoms with Crippen molar-refractivity contribution in [2.75, 3.05) is 0 Å². The number of rotatable bonds is 26. The first kappa shape index (κ1) is 33.6. The molecule has 0 aliphatic rings. The van der Waals surface area contributed by atoms with Crippen molar-refractivity contribution < 1.29 is 14.3 Å². The molecule has 0 radical (unpaired) electrons. The van der Waals surface area contributed by atoms with Crippen LogP contribution >= 0.6 is 0 Å². The fourth-order valence-electron chi connectivity index (χ4n) is 4.19. The molecule has 0 spiro atoms. The fraction of sp³-hybridized carbons (Fsp3) is 0.812. The molecule has 0 saturated heterocycles. The average Bonchev–Trinajstić information content (AvgIpc) is 2.85. The van der Waals surface area contributed by atoms with Gasteiger partial charge in [0.05, 0.1) is 0 Å². The minimum absolute atomic E-state index is 0.345. The number of hydrogen-bond donors (Lipinski definition) is 0. The summed E-state index contributed by atoms with van der Waals surface area (Å²) in [7, 11) is 0. The molecule has 0 saturated carbocycles. The zero-order chi connectivity index (χ0) is 25.7. The van der Waals surface area contributed by atoms with Crippen LogP contribution in [0, 0.1) is 0 Å². The van der Waals surface area contributed by atoms with Gasteiger partial charge in [0.1, 0.15) is 0 Å². The molecule has 0 amide bonds. The van der Waals surface area contributed by atoms with Crippen molar-refractivity contribution in [1.29, 1.82) is 0 Å². The first-order chi connectivity index (χ1) is 17.2. The van der Waals surface area contributed by atoms with Crippen LogP contribution in [0.3, 0.4) is 0 Å². The Labute approximate surface area is 218 Å². The van der Waals surface area contributed by atoms with Crippen molar-refractivity contribution in [1.82, 2.24) is 0 Å². The zero-order valence-corrected chi connectivity index (χ0v) is 23.5. The van der Waals surface area contributed by atoms with Crippen LogP contribution in [-0.4, -0.2) is 11.9 Å². The zero-order valence-electron chi connectivity index (χ0n) is 23.5. The molecule has 204 valence electrons. The largest absolute Gasteiger partial charge is 0.393 e. The molecule has 3 nitrogen and oxygen atoms in total. The number of unbranched alkanes of at least 4 members (excludes halogenated alkanes) is 18. The number of carbonyl (C=O) groups excluding carboxylic acids is 2. The Hall–Kier alpha value is -1.38. The van der Waals surface area contributed by atoms with E-state index in [0.717, 1.165) is 44.9 Å². The lowest BCUT2D eigenvalue weighted by Crippen LogP contribution is -2.11. The Morgan fingerprint density at radius 2 is 0.743 bits per heavy atom. The summed E-state index contributed by atoms with van der Waals surface area (Å²) < 4.78 is 4.97. The van der Waals surface area contributed by atoms with Gasteiger partial charge >= 0.3 is 11.9 Å². The van der Waals surface area contributed by atoms with Gasteiger partial charge in [-0.25, -0.2) is 0 Å². The summed E-state index contributed by atoms with van der Waals surface area (Å²) in [5.41, 5.74) is 0. The van der Waals surface area contributed by atoms with Gasteiger partial charge < -0.3 is 4.74 Å². The molecule has 35 heavy (non-hydrogen) atoms. The number of esters is 2. The van der Waals surface area contributed by atoms with Gasteiger partial charge in [0.15, 0.2) is 0 Å². The number of carbonyl (C=O) groups is 2. The van der Waals surface area contributed by atoms with Gasteiger partial charge in [-0.3, -0.25) is 9.59 Å². The molecule has 0 aromatic rings. The molecule has 0 atom stereocenters. The SMILES string of the molecule is CCCCC=CCCCCCCCC(=O)OC(=O)CCCCCCCC=CCCCCCCCC. The number of ether oxygens (including phenoxy) is 1. The molecule has 0 bridgehead atoms. The second-order valence-corrected chi connectivity index (χ2v) is 10.1. The van der Waals surface area contributed by atoms with E-state index in [2.05, 4.69) is 38.2 Å². The minimum Gasteiger partial charge on any atom is -0.393 e. The maximum atomic E-state index is 11.8. The monoisotopic (exact) mass is 490 g/mol. The first-order valence-corrected chi connectivity index (χ1v) is 15.2. The summed E-state index contributed by atoms with van der Waals surface area (Å²) in [5, 5.41) is 0. The maximum absolute atomic E-state index is 11.8. The third-order valence-electron chi connectivity index (χ3n) is 6.51. The average molecular weight is 491 g/mol. The number of hydrogen-bond acceptors (Lipinski definition) is 3. The van der Waals surface area contributed by atoms with Crippen molar-refractivity contribution in [2.24, 2.45) is 0 Å². The van der Waals surface area contributed by atoms with Crippen molar-refractivity contribution in [3.63, 3.8) is 0 Å². The fourth-order valence-corrected chi connectivity index (χ4v) is 4.19. The van der Waals surface area contributed by atoms with E-state index in [1.165, 1.54) is 96.3 Å². The van der Waals surface area contributed by atoms with Crippen LogP contribution in [0.2, 0.25) is 0 Å². The van der Waals surface area contributed by atoms with E-state index in [0.29, 0.717) is 12.8 Å². The van der Waals surface area contributed by atoms with E-state index in [1.807, 2.05) is 0 Å². The van der Waals surface area contributed by atoms with E-state index in [9.17, 15) is 9.59 Å². The Morgan fingerprint density at radius 1 is 0.429 bits per heavy atom. The van der Waals surface area contributed by atoms with Crippen LogP contribution in [0.25, 0.3) is 0 Å². The normalized spacial score (nSPS) is 11.6. The van der Waals surface area contributed by atoms with Crippen LogP contribution in [0.4, 0.5) is 0 Å². The molecule has 0 N–H and O–H groups in total. The van der Waals surface area contributed by atoms with Crippen LogP contribution in [0.5, 0.6) is 0 Å². The maximum Gasteiger partial charge on any atom is 0.313 e. The summed E-state index contributed by atoms with van der Waals surface area (Å²) in [5.74, 6) is -0.691. The topological polar surface area (TPSA) is 43.4 Å². The van der Waals surface area contributed by atoms with E-state index >= 15 is 0 Å². The standard InChI is InChI=1S/C32H58O3/c1-3-5-7-9-11-13-15-16-17-18-20-22-24-26-28-30-32(34)35-31(33)29-27-25-23-21-19-14-12-10-8-6-4-2/h10,12,16-17H,3-9,11,13-15,18-30H2,1-2H3. The van der Waals surface area contributed by atoms with Gasteiger partial charge in [0.2, 0.25) is 0 Å². The van der Waals surface area contributed by atoms with Crippen LogP contribution in [-0.2, 0) is 14.3 Å². The quantitative estimate of drug-likeness (QED) is 0.0524. The van der Waals surface area contributed by atoms with Crippen molar-refractivity contribution in [2.45, 2.75) is 168 Å². The Kier molecular flexibility index (Phi) is 27.7. The second kappa shape index (κ2) is 28.9. The van der Waals surface area contributed by atoms with E-state index < -0.39 is 0 Å². The molecule has 0 aliphatic carbocycles. The highest BCUT2D eigenvalue weighted by Gasteiger charge is 2.09. The second-order valence-electron chi connectivity index (χ2n) is 10.1. The number of allylic oxidation sites excluding steroid dienone is 4. The summed E-state index contributed by atoms with van der Waals surface area (Å²) in [4.78, 5) is 23.6. The molecular weight excluding hydrogens is 432 g/mol. The molecule has 0 aliphatic heterocycles. The van der Waals surface area contributed by atoms with Gasteiger partial charge in [0.25, 0.3) is 0 Å². The highest BCUT2D eigenvalue weighted by molar-refractivity contribution is 5.85. The summed E-state index contributed by atoms with van der Waals surface area (Å²) in [6, 6.07) is 0.